The highest BCUT2D eigenvalue weighted by atomic mass is 79.9. The van der Waals surface area contributed by atoms with Gasteiger partial charge in [0.05, 0.1) is 0 Å². The van der Waals surface area contributed by atoms with Gasteiger partial charge in [0.25, 0.3) is 4.95 Å². The Hall–Kier alpha value is -1.48. The van der Waals surface area contributed by atoms with Gasteiger partial charge in [0.15, 0.2) is 12.4 Å². The molecule has 2 aromatic rings. The van der Waals surface area contributed by atoms with Crippen LogP contribution in [-0.2, 0) is 0 Å². The van der Waals surface area contributed by atoms with Gasteiger partial charge in [0, 0.05) is 33.6 Å². The monoisotopic (exact) mass is 276 g/mol. The predicted molar refractivity (Wildman–Crippen MR) is 65.4 cm³/mol. The minimum absolute atomic E-state index is 0.0526. The normalized spacial score (nSPS) is 12.1. The summed E-state index contributed by atoms with van der Waals surface area (Å²) in [4.78, 5) is 11.7. The van der Waals surface area contributed by atoms with E-state index in [1.54, 1.807) is 0 Å². The van der Waals surface area contributed by atoms with Crippen LogP contribution in [0.1, 0.15) is 15.3 Å². The number of rotatable bonds is 3. The van der Waals surface area contributed by atoms with E-state index in [2.05, 4.69) is 15.9 Å². The number of aromatic nitrogens is 1. The maximum Gasteiger partial charge on any atom is 0.274 e. The number of Topliss-reactive ketones (excluding diaryl/α,β-unsaturated/α-hetero) is 1. The largest absolute Gasteiger partial charge is 0.286 e. The highest BCUT2D eigenvalue weighted by Gasteiger charge is 2.24. The van der Waals surface area contributed by atoms with E-state index in [-0.39, 0.29) is 10.7 Å². The first-order chi connectivity index (χ1) is 7.79. The van der Waals surface area contributed by atoms with Crippen molar-refractivity contribution in [2.24, 2.45) is 0 Å². The van der Waals surface area contributed by atoms with Gasteiger partial charge in [-0.25, -0.2) is 0 Å². The second-order valence-electron chi connectivity index (χ2n) is 3.39. The first-order valence-electron chi connectivity index (χ1n) is 4.98. The molecule has 0 aliphatic heterocycles. The van der Waals surface area contributed by atoms with Crippen molar-refractivity contribution in [3.05, 3.63) is 66.5 Å². The lowest BCUT2D eigenvalue weighted by molar-refractivity contribution is -0.684. The first kappa shape index (κ1) is 11.0. The average Bonchev–Trinajstić information content (AvgIpc) is 2.39. The standard InChI is InChI=1S/C13H11BrNO/c14-13(15-9-5-2-6-10-15)12(16)11-7-3-1-4-8-11/h1-10,13H/q+1. The van der Waals surface area contributed by atoms with Gasteiger partial charge in [-0.1, -0.05) is 36.4 Å². The van der Waals surface area contributed by atoms with Crippen LogP contribution in [0.3, 0.4) is 0 Å². The van der Waals surface area contributed by atoms with Crippen LogP contribution < -0.4 is 4.57 Å². The molecular formula is C13H11BrNO+. The molecular weight excluding hydrogens is 266 g/mol. The summed E-state index contributed by atoms with van der Waals surface area (Å²) in [5.41, 5.74) is 0.709. The summed E-state index contributed by atoms with van der Waals surface area (Å²) in [7, 11) is 0. The molecule has 0 fully saturated rings. The summed E-state index contributed by atoms with van der Waals surface area (Å²) in [5.74, 6) is 0.0526. The number of halogens is 1. The molecule has 2 nitrogen and oxygen atoms in total. The minimum atomic E-state index is -0.351. The van der Waals surface area contributed by atoms with Gasteiger partial charge in [-0.3, -0.25) is 4.79 Å². The van der Waals surface area contributed by atoms with Crippen LogP contribution in [0.15, 0.2) is 60.9 Å². The maximum absolute atomic E-state index is 12.1. The number of nitrogens with zero attached hydrogens (tertiary/aromatic N) is 1. The molecule has 0 bridgehead atoms. The van der Waals surface area contributed by atoms with Crippen molar-refractivity contribution < 1.29 is 9.36 Å². The van der Waals surface area contributed by atoms with Crippen molar-refractivity contribution in [2.75, 3.05) is 0 Å². The topological polar surface area (TPSA) is 20.9 Å². The number of benzene rings is 1. The van der Waals surface area contributed by atoms with E-state index in [0.29, 0.717) is 5.56 Å². The van der Waals surface area contributed by atoms with Crippen molar-refractivity contribution in [1.29, 1.82) is 0 Å². The lowest BCUT2D eigenvalue weighted by atomic mass is 10.1. The number of hydrogen-bond acceptors (Lipinski definition) is 1. The van der Waals surface area contributed by atoms with Crippen molar-refractivity contribution in [3.63, 3.8) is 0 Å². The number of hydrogen-bond donors (Lipinski definition) is 0. The Balaban J connectivity index is 2.24. The van der Waals surface area contributed by atoms with Crippen molar-refractivity contribution in [1.82, 2.24) is 0 Å². The van der Waals surface area contributed by atoms with Crippen molar-refractivity contribution in [2.45, 2.75) is 4.95 Å². The highest BCUT2D eigenvalue weighted by Crippen LogP contribution is 2.14. The zero-order valence-corrected chi connectivity index (χ0v) is 10.2. The lowest BCUT2D eigenvalue weighted by Crippen LogP contribution is -2.39. The van der Waals surface area contributed by atoms with Crippen LogP contribution >= 0.6 is 15.9 Å². The van der Waals surface area contributed by atoms with Crippen LogP contribution in [0, 0.1) is 0 Å². The Kier molecular flexibility index (Phi) is 3.47. The van der Waals surface area contributed by atoms with E-state index < -0.39 is 0 Å². The first-order valence-corrected chi connectivity index (χ1v) is 5.90. The van der Waals surface area contributed by atoms with Crippen LogP contribution in [0.25, 0.3) is 0 Å². The van der Waals surface area contributed by atoms with Crippen molar-refractivity contribution >= 4 is 21.7 Å². The molecule has 1 aromatic heterocycles. The number of ketones is 1. The molecule has 0 N–H and O–H groups in total. The molecule has 0 saturated heterocycles. The summed E-state index contributed by atoms with van der Waals surface area (Å²) in [6, 6.07) is 15.0. The Morgan fingerprint density at radius 1 is 1.00 bits per heavy atom. The average molecular weight is 277 g/mol. The van der Waals surface area contributed by atoms with Gasteiger partial charge < -0.3 is 0 Å². The maximum atomic E-state index is 12.1. The molecule has 0 aliphatic carbocycles. The third-order valence-electron chi connectivity index (χ3n) is 2.28. The number of carbonyl (C=O) groups is 1. The van der Waals surface area contributed by atoms with Crippen molar-refractivity contribution in [3.8, 4) is 0 Å². The SMILES string of the molecule is O=C(c1ccccc1)C(Br)[n+]1ccccc1. The predicted octanol–water partition coefficient (Wildman–Crippen LogP) is 2.75. The molecule has 1 atom stereocenters. The van der Waals surface area contributed by atoms with Crippen LogP contribution in [-0.4, -0.2) is 5.78 Å². The molecule has 1 heterocycles. The minimum Gasteiger partial charge on any atom is -0.286 e. The zero-order chi connectivity index (χ0) is 11.4. The zero-order valence-electron chi connectivity index (χ0n) is 8.58. The Bertz CT molecular complexity index is 470. The second-order valence-corrected chi connectivity index (χ2v) is 4.26. The molecule has 0 amide bonds. The Morgan fingerprint density at radius 2 is 1.56 bits per heavy atom. The molecule has 0 radical (unpaired) electrons. The van der Waals surface area contributed by atoms with E-state index in [1.165, 1.54) is 0 Å². The summed E-state index contributed by atoms with van der Waals surface area (Å²) < 4.78 is 1.83. The van der Waals surface area contributed by atoms with E-state index in [0.717, 1.165) is 0 Å². The van der Waals surface area contributed by atoms with Gasteiger partial charge in [-0.05, 0) is 0 Å². The van der Waals surface area contributed by atoms with E-state index in [1.807, 2.05) is 65.5 Å². The fourth-order valence-electron chi connectivity index (χ4n) is 1.44. The van der Waals surface area contributed by atoms with Crippen LogP contribution in [0.2, 0.25) is 0 Å². The molecule has 2 rings (SSSR count). The van der Waals surface area contributed by atoms with Gasteiger partial charge in [0.2, 0.25) is 5.78 Å². The van der Waals surface area contributed by atoms with E-state index >= 15 is 0 Å². The van der Waals surface area contributed by atoms with Crippen LogP contribution in [0.5, 0.6) is 0 Å². The highest BCUT2D eigenvalue weighted by molar-refractivity contribution is 9.09. The summed E-state index contributed by atoms with van der Waals surface area (Å²) in [6.07, 6.45) is 3.72. The third kappa shape index (κ3) is 2.36. The summed E-state index contributed by atoms with van der Waals surface area (Å²) >= 11 is 3.40. The summed E-state index contributed by atoms with van der Waals surface area (Å²) in [6.45, 7) is 0. The Morgan fingerprint density at radius 3 is 2.19 bits per heavy atom. The van der Waals surface area contributed by atoms with E-state index in [9.17, 15) is 4.79 Å². The second kappa shape index (κ2) is 5.03. The number of pyridine rings is 1. The number of alkyl halides is 1. The molecule has 1 unspecified atom stereocenters. The molecule has 80 valence electrons. The molecule has 1 aromatic carbocycles. The fourth-order valence-corrected chi connectivity index (χ4v) is 1.98. The third-order valence-corrected chi connectivity index (χ3v) is 3.16. The molecule has 3 heteroatoms. The Labute approximate surface area is 103 Å². The summed E-state index contributed by atoms with van der Waals surface area (Å²) in [5, 5.41) is 0. The molecule has 16 heavy (non-hydrogen) atoms. The fraction of sp³-hybridized carbons (Fsp3) is 0.0769. The molecule has 0 saturated carbocycles. The smallest absolute Gasteiger partial charge is 0.274 e. The lowest BCUT2D eigenvalue weighted by Gasteiger charge is -2.03. The number of carbonyl (C=O) groups excluding carboxylic acids is 1. The molecule has 0 aliphatic rings. The van der Waals surface area contributed by atoms with E-state index in [4.69, 9.17) is 0 Å². The van der Waals surface area contributed by atoms with Gasteiger partial charge in [-0.2, -0.15) is 4.57 Å². The van der Waals surface area contributed by atoms with Gasteiger partial charge in [-0.15, -0.1) is 0 Å². The van der Waals surface area contributed by atoms with Crippen LogP contribution in [0.4, 0.5) is 0 Å². The van der Waals surface area contributed by atoms with Gasteiger partial charge >= 0.3 is 0 Å². The quantitative estimate of drug-likeness (QED) is 0.480. The molecule has 0 spiro atoms. The van der Waals surface area contributed by atoms with Gasteiger partial charge in [0.1, 0.15) is 0 Å².